The second-order valence-electron chi connectivity index (χ2n) is 3.03. The molecule has 1 heterocycles. The van der Waals surface area contributed by atoms with E-state index >= 15 is 0 Å². The van der Waals surface area contributed by atoms with Gasteiger partial charge in [0.25, 0.3) is 0 Å². The molecule has 0 fully saturated rings. The SMILES string of the molecule is CCN(CC)CCNn1cccc1. The van der Waals surface area contributed by atoms with Gasteiger partial charge < -0.3 is 10.3 Å². The highest BCUT2D eigenvalue weighted by atomic mass is 15.4. The minimum Gasteiger partial charge on any atom is -0.325 e. The van der Waals surface area contributed by atoms with Crippen molar-refractivity contribution in [3.05, 3.63) is 24.5 Å². The molecular formula is C10H19N3. The summed E-state index contributed by atoms with van der Waals surface area (Å²) < 4.78 is 1.99. The highest BCUT2D eigenvalue weighted by Crippen LogP contribution is 1.87. The lowest BCUT2D eigenvalue weighted by Crippen LogP contribution is -2.30. The van der Waals surface area contributed by atoms with Gasteiger partial charge in [-0.3, -0.25) is 4.68 Å². The summed E-state index contributed by atoms with van der Waals surface area (Å²) in [7, 11) is 0. The van der Waals surface area contributed by atoms with Crippen LogP contribution in [0.25, 0.3) is 0 Å². The summed E-state index contributed by atoms with van der Waals surface area (Å²) in [6.45, 7) is 8.74. The predicted octanol–water partition coefficient (Wildman–Crippen LogP) is 1.37. The van der Waals surface area contributed by atoms with E-state index in [9.17, 15) is 0 Å². The number of likely N-dealkylation sites (N-methyl/N-ethyl adjacent to an activating group) is 1. The van der Waals surface area contributed by atoms with Gasteiger partial charge in [-0.1, -0.05) is 13.8 Å². The fourth-order valence-corrected chi connectivity index (χ4v) is 1.32. The van der Waals surface area contributed by atoms with E-state index in [1.165, 1.54) is 0 Å². The normalized spacial score (nSPS) is 10.7. The van der Waals surface area contributed by atoms with Crippen LogP contribution in [0.5, 0.6) is 0 Å². The van der Waals surface area contributed by atoms with Crippen LogP contribution in [-0.2, 0) is 0 Å². The second kappa shape index (κ2) is 5.65. The maximum absolute atomic E-state index is 3.30. The van der Waals surface area contributed by atoms with E-state index in [1.54, 1.807) is 0 Å². The zero-order valence-electron chi connectivity index (χ0n) is 8.53. The maximum atomic E-state index is 3.30. The van der Waals surface area contributed by atoms with E-state index in [0.717, 1.165) is 26.2 Å². The molecule has 13 heavy (non-hydrogen) atoms. The molecule has 1 N–H and O–H groups in total. The van der Waals surface area contributed by atoms with Gasteiger partial charge in [0.2, 0.25) is 0 Å². The Morgan fingerprint density at radius 1 is 1.15 bits per heavy atom. The number of hydrogen-bond acceptors (Lipinski definition) is 2. The lowest BCUT2D eigenvalue weighted by Gasteiger charge is -2.18. The van der Waals surface area contributed by atoms with Gasteiger partial charge in [-0.05, 0) is 25.2 Å². The predicted molar refractivity (Wildman–Crippen MR) is 56.4 cm³/mol. The standard InChI is InChI=1S/C10H19N3/c1-3-12(4-2)10-7-11-13-8-5-6-9-13/h5-6,8-9,11H,3-4,7,10H2,1-2H3. The molecule has 0 aliphatic carbocycles. The van der Waals surface area contributed by atoms with E-state index in [0.29, 0.717) is 0 Å². The Kier molecular flexibility index (Phi) is 4.40. The maximum Gasteiger partial charge on any atom is 0.0441 e. The Morgan fingerprint density at radius 2 is 1.77 bits per heavy atom. The third-order valence-corrected chi connectivity index (χ3v) is 2.22. The van der Waals surface area contributed by atoms with Crippen LogP contribution in [0.3, 0.4) is 0 Å². The molecule has 0 aliphatic heterocycles. The van der Waals surface area contributed by atoms with Gasteiger partial charge in [0.15, 0.2) is 0 Å². The Morgan fingerprint density at radius 3 is 2.31 bits per heavy atom. The minimum atomic E-state index is 0.996. The van der Waals surface area contributed by atoms with E-state index in [1.807, 2.05) is 29.2 Å². The van der Waals surface area contributed by atoms with Gasteiger partial charge >= 0.3 is 0 Å². The molecule has 1 aromatic heterocycles. The highest BCUT2D eigenvalue weighted by Gasteiger charge is 1.96. The first-order chi connectivity index (χ1) is 6.36. The first kappa shape index (κ1) is 10.1. The van der Waals surface area contributed by atoms with Crippen LogP contribution in [0, 0.1) is 0 Å². The van der Waals surface area contributed by atoms with Crippen LogP contribution in [0.1, 0.15) is 13.8 Å². The summed E-state index contributed by atoms with van der Waals surface area (Å²) in [6.07, 6.45) is 4.03. The van der Waals surface area contributed by atoms with E-state index in [4.69, 9.17) is 0 Å². The zero-order valence-corrected chi connectivity index (χ0v) is 8.53. The van der Waals surface area contributed by atoms with Crippen molar-refractivity contribution < 1.29 is 0 Å². The van der Waals surface area contributed by atoms with Crippen LogP contribution in [-0.4, -0.2) is 35.8 Å². The molecule has 1 aromatic rings. The molecule has 0 bridgehead atoms. The first-order valence-corrected chi connectivity index (χ1v) is 4.96. The van der Waals surface area contributed by atoms with Crippen LogP contribution in [0.2, 0.25) is 0 Å². The van der Waals surface area contributed by atoms with Gasteiger partial charge in [-0.15, -0.1) is 0 Å². The molecule has 1 rings (SSSR count). The zero-order chi connectivity index (χ0) is 9.52. The quantitative estimate of drug-likeness (QED) is 0.715. The molecule has 0 saturated carbocycles. The topological polar surface area (TPSA) is 20.2 Å². The first-order valence-electron chi connectivity index (χ1n) is 4.96. The van der Waals surface area contributed by atoms with E-state index < -0.39 is 0 Å². The van der Waals surface area contributed by atoms with Gasteiger partial charge in [-0.2, -0.15) is 0 Å². The average molecular weight is 181 g/mol. The summed E-state index contributed by atoms with van der Waals surface area (Å²) in [5.74, 6) is 0. The number of nitrogens with zero attached hydrogens (tertiary/aromatic N) is 2. The molecule has 0 aliphatic rings. The Balaban J connectivity index is 2.13. The molecular weight excluding hydrogens is 162 g/mol. The summed E-state index contributed by atoms with van der Waals surface area (Å²) in [6, 6.07) is 4.04. The second-order valence-corrected chi connectivity index (χ2v) is 3.03. The number of rotatable bonds is 6. The monoisotopic (exact) mass is 181 g/mol. The van der Waals surface area contributed by atoms with Crippen molar-refractivity contribution in [1.82, 2.24) is 9.58 Å². The van der Waals surface area contributed by atoms with Gasteiger partial charge in [0, 0.05) is 25.5 Å². The molecule has 0 saturated heterocycles. The summed E-state index contributed by atoms with van der Waals surface area (Å²) >= 11 is 0. The molecule has 0 amide bonds. The van der Waals surface area contributed by atoms with Crippen molar-refractivity contribution in [3.8, 4) is 0 Å². The molecule has 3 heteroatoms. The molecule has 74 valence electrons. The minimum absolute atomic E-state index is 0.996. The highest BCUT2D eigenvalue weighted by molar-refractivity contribution is 4.93. The molecule has 0 spiro atoms. The summed E-state index contributed by atoms with van der Waals surface area (Å²) in [5, 5.41) is 0. The van der Waals surface area contributed by atoms with Crippen LogP contribution >= 0.6 is 0 Å². The van der Waals surface area contributed by atoms with Crippen molar-refractivity contribution in [2.45, 2.75) is 13.8 Å². The van der Waals surface area contributed by atoms with Crippen molar-refractivity contribution in [1.29, 1.82) is 0 Å². The van der Waals surface area contributed by atoms with Crippen molar-refractivity contribution in [2.75, 3.05) is 31.6 Å². The van der Waals surface area contributed by atoms with Crippen LogP contribution in [0.4, 0.5) is 0 Å². The van der Waals surface area contributed by atoms with Crippen LogP contribution < -0.4 is 5.43 Å². The number of hydrogen-bond donors (Lipinski definition) is 1. The van der Waals surface area contributed by atoms with Gasteiger partial charge in [-0.25, -0.2) is 0 Å². The van der Waals surface area contributed by atoms with Crippen molar-refractivity contribution in [3.63, 3.8) is 0 Å². The molecule has 3 nitrogen and oxygen atoms in total. The van der Waals surface area contributed by atoms with Gasteiger partial charge in [0.05, 0.1) is 0 Å². The lowest BCUT2D eigenvalue weighted by atomic mass is 10.5. The van der Waals surface area contributed by atoms with Crippen molar-refractivity contribution in [2.24, 2.45) is 0 Å². The molecule has 0 unspecified atom stereocenters. The lowest BCUT2D eigenvalue weighted by molar-refractivity contribution is 0.313. The average Bonchev–Trinajstić information content (AvgIpc) is 2.65. The Hall–Kier alpha value is -0.960. The largest absolute Gasteiger partial charge is 0.325 e. The van der Waals surface area contributed by atoms with Gasteiger partial charge in [0.1, 0.15) is 0 Å². The third kappa shape index (κ3) is 3.51. The third-order valence-electron chi connectivity index (χ3n) is 2.22. The van der Waals surface area contributed by atoms with E-state index in [2.05, 4.69) is 24.2 Å². The summed E-state index contributed by atoms with van der Waals surface area (Å²) in [5.41, 5.74) is 3.30. The Bertz CT molecular complexity index is 202. The fourth-order valence-electron chi connectivity index (χ4n) is 1.32. The molecule has 0 aromatic carbocycles. The number of aromatic nitrogens is 1. The smallest absolute Gasteiger partial charge is 0.0441 e. The Labute approximate surface area is 80.3 Å². The van der Waals surface area contributed by atoms with E-state index in [-0.39, 0.29) is 0 Å². The molecule has 0 radical (unpaired) electrons. The molecule has 0 atom stereocenters. The van der Waals surface area contributed by atoms with Crippen molar-refractivity contribution >= 4 is 0 Å². The van der Waals surface area contributed by atoms with Crippen LogP contribution in [0.15, 0.2) is 24.5 Å². The summed E-state index contributed by atoms with van der Waals surface area (Å²) in [4.78, 5) is 2.40. The number of nitrogens with one attached hydrogen (secondary N) is 1. The fraction of sp³-hybridized carbons (Fsp3) is 0.600.